The van der Waals surface area contributed by atoms with Gasteiger partial charge >= 0.3 is 0 Å². The molecule has 1 N–H and O–H groups in total. The van der Waals surface area contributed by atoms with Crippen LogP contribution in [0.5, 0.6) is 0 Å². The van der Waals surface area contributed by atoms with E-state index in [4.69, 9.17) is 4.52 Å². The van der Waals surface area contributed by atoms with Crippen molar-refractivity contribution in [3.8, 4) is 0 Å². The monoisotopic (exact) mass is 390 g/mol. The molecule has 148 valence electrons. The third-order valence-electron chi connectivity index (χ3n) is 6.20. The summed E-state index contributed by atoms with van der Waals surface area (Å²) >= 11 is 0. The summed E-state index contributed by atoms with van der Waals surface area (Å²) in [6.45, 7) is 3.91. The van der Waals surface area contributed by atoms with E-state index in [2.05, 4.69) is 29.2 Å². The third-order valence-corrected chi connectivity index (χ3v) is 6.20. The van der Waals surface area contributed by atoms with E-state index in [9.17, 15) is 9.59 Å². The van der Waals surface area contributed by atoms with Crippen LogP contribution in [0.15, 0.2) is 59.4 Å². The minimum atomic E-state index is -0.136. The Morgan fingerprint density at radius 2 is 1.93 bits per heavy atom. The fraction of sp³-hybridized carbons (Fsp3) is 0.318. The topological polar surface area (TPSA) is 82.4 Å². The normalized spacial score (nSPS) is 23.4. The molecule has 0 saturated carbocycles. The SMILES string of the molecule is Cc1ccccc1[C@@H]1[C@H]2CN(C(=O)c3ccno3)C[C@H]2CN1C(=O)c1ccc[nH]1. The quantitative estimate of drug-likeness (QED) is 0.745. The van der Waals surface area contributed by atoms with Crippen molar-refractivity contribution in [1.82, 2.24) is 19.9 Å². The molecule has 4 heterocycles. The van der Waals surface area contributed by atoms with E-state index in [0.717, 1.165) is 11.1 Å². The zero-order valence-electron chi connectivity index (χ0n) is 16.1. The lowest BCUT2D eigenvalue weighted by Crippen LogP contribution is -2.37. The molecule has 0 unspecified atom stereocenters. The number of carbonyl (C=O) groups excluding carboxylic acids is 2. The Balaban J connectivity index is 1.47. The summed E-state index contributed by atoms with van der Waals surface area (Å²) in [7, 11) is 0. The number of nitrogens with zero attached hydrogens (tertiary/aromatic N) is 3. The van der Waals surface area contributed by atoms with Gasteiger partial charge in [-0.2, -0.15) is 0 Å². The van der Waals surface area contributed by atoms with Gasteiger partial charge in [-0.1, -0.05) is 29.4 Å². The number of H-pyrrole nitrogens is 1. The number of hydrogen-bond donors (Lipinski definition) is 1. The van der Waals surface area contributed by atoms with Crippen LogP contribution in [0, 0.1) is 18.8 Å². The van der Waals surface area contributed by atoms with Gasteiger partial charge < -0.3 is 19.3 Å². The van der Waals surface area contributed by atoms with Crippen molar-refractivity contribution in [2.75, 3.05) is 19.6 Å². The minimum Gasteiger partial charge on any atom is -0.357 e. The molecular formula is C22H22N4O3. The fourth-order valence-corrected chi connectivity index (χ4v) is 4.84. The smallest absolute Gasteiger partial charge is 0.292 e. The van der Waals surface area contributed by atoms with Gasteiger partial charge in [-0.3, -0.25) is 9.59 Å². The molecule has 0 bridgehead atoms. The number of benzene rings is 1. The van der Waals surface area contributed by atoms with Crippen LogP contribution in [0.25, 0.3) is 0 Å². The molecule has 2 aliphatic heterocycles. The van der Waals surface area contributed by atoms with E-state index in [1.807, 2.05) is 34.1 Å². The second-order valence-electron chi connectivity index (χ2n) is 7.85. The fourth-order valence-electron chi connectivity index (χ4n) is 4.84. The Labute approximate surface area is 168 Å². The van der Waals surface area contributed by atoms with E-state index in [1.165, 1.54) is 6.20 Å². The number of aromatic nitrogens is 2. The lowest BCUT2D eigenvalue weighted by Gasteiger charge is -2.30. The van der Waals surface area contributed by atoms with Crippen LogP contribution in [-0.4, -0.2) is 51.4 Å². The van der Waals surface area contributed by atoms with Crippen LogP contribution in [0.3, 0.4) is 0 Å². The lowest BCUT2D eigenvalue weighted by atomic mass is 9.87. The van der Waals surface area contributed by atoms with Crippen molar-refractivity contribution in [3.05, 3.63) is 77.4 Å². The summed E-state index contributed by atoms with van der Waals surface area (Å²) in [5.74, 6) is 0.539. The standard InChI is InChI=1S/C22H22N4O3/c1-14-5-2-3-6-16(14)20-17-13-25(22(28)19-8-10-24-29-19)11-15(17)12-26(20)21(27)18-7-4-9-23-18/h2-10,15,17,20,23H,11-13H2,1H3/t15-,17-,20+/m0/s1. The molecule has 1 aromatic carbocycles. The number of rotatable bonds is 3. The van der Waals surface area contributed by atoms with Gasteiger partial charge in [-0.15, -0.1) is 0 Å². The van der Waals surface area contributed by atoms with Crippen molar-refractivity contribution in [1.29, 1.82) is 0 Å². The Morgan fingerprint density at radius 3 is 2.66 bits per heavy atom. The number of aryl methyl sites for hydroxylation is 1. The molecule has 3 aromatic rings. The van der Waals surface area contributed by atoms with Gasteiger partial charge in [0, 0.05) is 43.7 Å². The third kappa shape index (κ3) is 2.93. The van der Waals surface area contributed by atoms with E-state index < -0.39 is 0 Å². The molecule has 2 aliphatic rings. The highest BCUT2D eigenvalue weighted by atomic mass is 16.5. The maximum Gasteiger partial charge on any atom is 0.292 e. The molecule has 0 aliphatic carbocycles. The first-order chi connectivity index (χ1) is 14.1. The van der Waals surface area contributed by atoms with E-state index in [1.54, 1.807) is 12.3 Å². The predicted octanol–water partition coefficient (Wildman–Crippen LogP) is 2.90. The van der Waals surface area contributed by atoms with Crippen molar-refractivity contribution in [3.63, 3.8) is 0 Å². The molecule has 5 rings (SSSR count). The predicted molar refractivity (Wildman–Crippen MR) is 105 cm³/mol. The molecular weight excluding hydrogens is 368 g/mol. The Morgan fingerprint density at radius 1 is 1.07 bits per heavy atom. The first-order valence-corrected chi connectivity index (χ1v) is 9.83. The summed E-state index contributed by atoms with van der Waals surface area (Å²) in [6, 6.07) is 13.4. The number of likely N-dealkylation sites (tertiary alicyclic amines) is 2. The summed E-state index contributed by atoms with van der Waals surface area (Å²) in [5, 5.41) is 3.65. The van der Waals surface area contributed by atoms with E-state index >= 15 is 0 Å². The van der Waals surface area contributed by atoms with Gasteiger partial charge in [0.05, 0.1) is 12.2 Å². The maximum absolute atomic E-state index is 13.2. The van der Waals surface area contributed by atoms with Crippen molar-refractivity contribution >= 4 is 11.8 Å². The number of carbonyl (C=O) groups is 2. The highest BCUT2D eigenvalue weighted by Crippen LogP contribution is 2.46. The van der Waals surface area contributed by atoms with Crippen LogP contribution in [0.1, 0.15) is 38.2 Å². The molecule has 7 heteroatoms. The van der Waals surface area contributed by atoms with Gasteiger partial charge in [-0.25, -0.2) is 0 Å². The van der Waals surface area contributed by atoms with Crippen LogP contribution >= 0.6 is 0 Å². The molecule has 0 spiro atoms. The van der Waals surface area contributed by atoms with Gasteiger partial charge in [0.25, 0.3) is 11.8 Å². The lowest BCUT2D eigenvalue weighted by molar-refractivity contribution is 0.0659. The molecule has 2 aromatic heterocycles. The molecule has 29 heavy (non-hydrogen) atoms. The van der Waals surface area contributed by atoms with Gasteiger partial charge in [-0.05, 0) is 30.2 Å². The number of hydrogen-bond acceptors (Lipinski definition) is 4. The summed E-state index contributed by atoms with van der Waals surface area (Å²) in [4.78, 5) is 32.8. The minimum absolute atomic E-state index is 0.00534. The molecule has 0 radical (unpaired) electrons. The second kappa shape index (κ2) is 6.92. The second-order valence-corrected chi connectivity index (χ2v) is 7.85. The van der Waals surface area contributed by atoms with Crippen LogP contribution in [0.2, 0.25) is 0 Å². The Kier molecular flexibility index (Phi) is 4.23. The zero-order chi connectivity index (χ0) is 20.0. The van der Waals surface area contributed by atoms with E-state index in [-0.39, 0.29) is 35.5 Å². The van der Waals surface area contributed by atoms with Crippen LogP contribution in [-0.2, 0) is 0 Å². The molecule has 7 nitrogen and oxygen atoms in total. The number of fused-ring (bicyclic) bond motifs is 1. The number of aromatic amines is 1. The summed E-state index contributed by atoms with van der Waals surface area (Å²) < 4.78 is 5.06. The average Bonchev–Trinajstić information content (AvgIpc) is 3.52. The Hall–Kier alpha value is -3.35. The summed E-state index contributed by atoms with van der Waals surface area (Å²) in [5.41, 5.74) is 2.90. The van der Waals surface area contributed by atoms with Gasteiger partial charge in [0.15, 0.2) is 0 Å². The van der Waals surface area contributed by atoms with Gasteiger partial charge in [0.1, 0.15) is 5.69 Å². The molecule has 2 fully saturated rings. The van der Waals surface area contributed by atoms with Crippen LogP contribution < -0.4 is 0 Å². The largest absolute Gasteiger partial charge is 0.357 e. The van der Waals surface area contributed by atoms with Crippen LogP contribution in [0.4, 0.5) is 0 Å². The maximum atomic E-state index is 13.2. The molecule has 2 amide bonds. The van der Waals surface area contributed by atoms with Crippen molar-refractivity contribution in [2.45, 2.75) is 13.0 Å². The van der Waals surface area contributed by atoms with Crippen molar-refractivity contribution in [2.24, 2.45) is 11.8 Å². The van der Waals surface area contributed by atoms with E-state index in [0.29, 0.717) is 25.3 Å². The zero-order valence-corrected chi connectivity index (χ0v) is 16.1. The van der Waals surface area contributed by atoms with Gasteiger partial charge in [0.2, 0.25) is 5.76 Å². The Bertz CT molecular complexity index is 1030. The number of amides is 2. The highest BCUT2D eigenvalue weighted by molar-refractivity contribution is 5.93. The highest BCUT2D eigenvalue weighted by Gasteiger charge is 2.50. The first kappa shape index (κ1) is 17.7. The van der Waals surface area contributed by atoms with Crippen molar-refractivity contribution < 1.29 is 14.1 Å². The molecule has 3 atom stereocenters. The molecule has 2 saturated heterocycles. The first-order valence-electron chi connectivity index (χ1n) is 9.83. The summed E-state index contributed by atoms with van der Waals surface area (Å²) in [6.07, 6.45) is 3.25. The average molecular weight is 390 g/mol. The number of nitrogens with one attached hydrogen (secondary N) is 1.